The standard InChI is InChI=1S/C15H17F6NO2/c1-5-13(14(16,17)18,15(19,20)21)22-12(23)24-11-9(3)7-6-8(2)10(11)4/h6-7H,5H2,1-4H3,(H,22,23). The number of alkyl halides is 6. The molecule has 0 aliphatic heterocycles. The molecule has 0 heterocycles. The number of nitrogens with one attached hydrogen (secondary N) is 1. The van der Waals surface area contributed by atoms with Crippen LogP contribution in [-0.2, 0) is 0 Å². The van der Waals surface area contributed by atoms with E-state index in [-0.39, 0.29) is 5.75 Å². The summed E-state index contributed by atoms with van der Waals surface area (Å²) in [5.74, 6) is -0.0677. The molecule has 1 N–H and O–H groups in total. The number of amides is 1. The minimum Gasteiger partial charge on any atom is -0.410 e. The maximum absolute atomic E-state index is 13.0. The smallest absolute Gasteiger partial charge is 0.410 e. The molecule has 1 rings (SSSR count). The van der Waals surface area contributed by atoms with E-state index >= 15 is 0 Å². The molecule has 3 nitrogen and oxygen atoms in total. The fourth-order valence-electron chi connectivity index (χ4n) is 2.17. The van der Waals surface area contributed by atoms with Gasteiger partial charge in [0.15, 0.2) is 0 Å². The molecule has 0 aromatic heterocycles. The molecule has 9 heteroatoms. The summed E-state index contributed by atoms with van der Waals surface area (Å²) in [6.45, 7) is 5.42. The van der Waals surface area contributed by atoms with Crippen molar-refractivity contribution < 1.29 is 35.9 Å². The van der Waals surface area contributed by atoms with Gasteiger partial charge in [-0.2, -0.15) is 26.3 Å². The Morgan fingerprint density at radius 2 is 1.46 bits per heavy atom. The lowest BCUT2D eigenvalue weighted by Crippen LogP contribution is -2.67. The van der Waals surface area contributed by atoms with Gasteiger partial charge < -0.3 is 4.74 Å². The summed E-state index contributed by atoms with van der Waals surface area (Å²) in [6.07, 6.45) is -14.7. The van der Waals surface area contributed by atoms with E-state index in [4.69, 9.17) is 4.74 Å². The van der Waals surface area contributed by atoms with Crippen LogP contribution in [0.5, 0.6) is 5.75 Å². The van der Waals surface area contributed by atoms with Crippen LogP contribution in [0.25, 0.3) is 0 Å². The SMILES string of the molecule is CCC(NC(=O)Oc1c(C)ccc(C)c1C)(C(F)(F)F)C(F)(F)F. The van der Waals surface area contributed by atoms with Crippen LogP contribution < -0.4 is 10.1 Å². The van der Waals surface area contributed by atoms with E-state index in [1.54, 1.807) is 26.0 Å². The van der Waals surface area contributed by atoms with Crippen LogP contribution in [0.2, 0.25) is 0 Å². The number of benzene rings is 1. The molecule has 0 aliphatic carbocycles. The molecule has 0 bridgehead atoms. The molecule has 1 aromatic rings. The van der Waals surface area contributed by atoms with Crippen molar-refractivity contribution in [3.63, 3.8) is 0 Å². The van der Waals surface area contributed by atoms with Gasteiger partial charge in [-0.1, -0.05) is 19.1 Å². The van der Waals surface area contributed by atoms with Gasteiger partial charge in [-0.15, -0.1) is 0 Å². The van der Waals surface area contributed by atoms with E-state index in [0.717, 1.165) is 5.32 Å². The van der Waals surface area contributed by atoms with E-state index in [2.05, 4.69) is 0 Å². The van der Waals surface area contributed by atoms with Crippen molar-refractivity contribution in [2.75, 3.05) is 0 Å². The topological polar surface area (TPSA) is 38.3 Å². The first-order chi connectivity index (χ1) is 10.8. The summed E-state index contributed by atoms with van der Waals surface area (Å²) in [5, 5.41) is 0.971. The van der Waals surface area contributed by atoms with Crippen molar-refractivity contribution in [1.82, 2.24) is 5.32 Å². The van der Waals surface area contributed by atoms with Crippen molar-refractivity contribution in [1.29, 1.82) is 0 Å². The number of aryl methyl sites for hydroxylation is 2. The fourth-order valence-corrected chi connectivity index (χ4v) is 2.17. The molecule has 24 heavy (non-hydrogen) atoms. The van der Waals surface area contributed by atoms with Gasteiger partial charge in [0.05, 0.1) is 0 Å². The van der Waals surface area contributed by atoms with E-state index in [1.807, 2.05) is 0 Å². The van der Waals surface area contributed by atoms with Crippen LogP contribution in [0.1, 0.15) is 30.0 Å². The lowest BCUT2D eigenvalue weighted by molar-refractivity contribution is -0.305. The van der Waals surface area contributed by atoms with Gasteiger partial charge >= 0.3 is 18.4 Å². The Hall–Kier alpha value is -1.93. The van der Waals surface area contributed by atoms with Crippen molar-refractivity contribution >= 4 is 6.09 Å². The molecule has 0 atom stereocenters. The highest BCUT2D eigenvalue weighted by molar-refractivity contribution is 5.73. The van der Waals surface area contributed by atoms with Crippen molar-refractivity contribution in [2.45, 2.75) is 52.0 Å². The first-order valence-corrected chi connectivity index (χ1v) is 6.97. The number of hydrogen-bond acceptors (Lipinski definition) is 2. The lowest BCUT2D eigenvalue weighted by atomic mass is 9.94. The zero-order chi connectivity index (χ0) is 18.9. The maximum Gasteiger partial charge on any atom is 0.420 e. The third-order valence-corrected chi connectivity index (χ3v) is 3.88. The normalized spacial score (nSPS) is 12.9. The number of ether oxygens (including phenoxy) is 1. The first kappa shape index (κ1) is 20.1. The van der Waals surface area contributed by atoms with Crippen molar-refractivity contribution in [2.24, 2.45) is 0 Å². The van der Waals surface area contributed by atoms with Crippen LogP contribution in [0.15, 0.2) is 12.1 Å². The minimum atomic E-state index is -5.73. The van der Waals surface area contributed by atoms with Crippen LogP contribution >= 0.6 is 0 Å². The zero-order valence-electron chi connectivity index (χ0n) is 13.4. The van der Waals surface area contributed by atoms with Gasteiger partial charge in [-0.05, 0) is 43.9 Å². The van der Waals surface area contributed by atoms with Gasteiger partial charge in [0.2, 0.25) is 5.54 Å². The Morgan fingerprint density at radius 3 is 1.88 bits per heavy atom. The summed E-state index contributed by atoms with van der Waals surface area (Å²) in [4.78, 5) is 11.8. The summed E-state index contributed by atoms with van der Waals surface area (Å²) < 4.78 is 82.8. The molecule has 0 radical (unpaired) electrons. The molecule has 0 saturated heterocycles. The quantitative estimate of drug-likeness (QED) is 0.776. The zero-order valence-corrected chi connectivity index (χ0v) is 13.4. The van der Waals surface area contributed by atoms with E-state index in [9.17, 15) is 31.1 Å². The van der Waals surface area contributed by atoms with E-state index in [1.165, 1.54) is 6.92 Å². The number of carbonyl (C=O) groups is 1. The second-order valence-corrected chi connectivity index (χ2v) is 5.42. The van der Waals surface area contributed by atoms with E-state index in [0.29, 0.717) is 23.6 Å². The fraction of sp³-hybridized carbons (Fsp3) is 0.533. The molecular weight excluding hydrogens is 340 g/mol. The van der Waals surface area contributed by atoms with Gasteiger partial charge in [-0.3, -0.25) is 5.32 Å². The number of halogens is 6. The number of hydrogen-bond donors (Lipinski definition) is 1. The molecule has 0 aliphatic rings. The van der Waals surface area contributed by atoms with Crippen molar-refractivity contribution in [3.05, 3.63) is 28.8 Å². The predicted molar refractivity (Wildman–Crippen MR) is 74.9 cm³/mol. The lowest BCUT2D eigenvalue weighted by Gasteiger charge is -2.36. The number of carbonyl (C=O) groups excluding carboxylic acids is 1. The molecular formula is C15H17F6NO2. The molecule has 0 saturated carbocycles. The number of rotatable bonds is 3. The van der Waals surface area contributed by atoms with Crippen molar-refractivity contribution in [3.8, 4) is 5.75 Å². The maximum atomic E-state index is 13.0. The summed E-state index contributed by atoms with van der Waals surface area (Å²) in [6, 6.07) is 3.24. The molecule has 0 unspecified atom stereocenters. The monoisotopic (exact) mass is 357 g/mol. The van der Waals surface area contributed by atoms with Gasteiger partial charge in [-0.25, -0.2) is 4.79 Å². The average molecular weight is 357 g/mol. The van der Waals surface area contributed by atoms with Gasteiger partial charge in [0.1, 0.15) is 5.75 Å². The molecule has 136 valence electrons. The predicted octanol–water partition coefficient (Wildman–Crippen LogP) is 4.97. The van der Waals surface area contributed by atoms with E-state index < -0.39 is 30.4 Å². The molecule has 0 spiro atoms. The Labute approximate surface area is 135 Å². The highest BCUT2D eigenvalue weighted by Crippen LogP contribution is 2.45. The van der Waals surface area contributed by atoms with Gasteiger partial charge in [0, 0.05) is 0 Å². The summed E-state index contributed by atoms with van der Waals surface area (Å²) in [5.41, 5.74) is -2.83. The minimum absolute atomic E-state index is 0.0677. The Morgan fingerprint density at radius 1 is 1.00 bits per heavy atom. The highest BCUT2D eigenvalue weighted by atomic mass is 19.4. The largest absolute Gasteiger partial charge is 0.420 e. The second-order valence-electron chi connectivity index (χ2n) is 5.42. The van der Waals surface area contributed by atoms with Crippen LogP contribution in [0.3, 0.4) is 0 Å². The Bertz CT molecular complexity index is 608. The summed E-state index contributed by atoms with van der Waals surface area (Å²) >= 11 is 0. The molecule has 0 fully saturated rings. The molecule has 1 amide bonds. The van der Waals surface area contributed by atoms with Crippen LogP contribution in [0.4, 0.5) is 31.1 Å². The van der Waals surface area contributed by atoms with Crippen LogP contribution in [-0.4, -0.2) is 24.0 Å². The summed E-state index contributed by atoms with van der Waals surface area (Å²) in [7, 11) is 0. The molecule has 1 aromatic carbocycles. The second kappa shape index (κ2) is 6.52. The van der Waals surface area contributed by atoms with Gasteiger partial charge in [0.25, 0.3) is 0 Å². The highest BCUT2D eigenvalue weighted by Gasteiger charge is 2.71. The Balaban J connectivity index is 3.19. The van der Waals surface area contributed by atoms with Crippen LogP contribution in [0, 0.1) is 20.8 Å². The third-order valence-electron chi connectivity index (χ3n) is 3.88. The first-order valence-electron chi connectivity index (χ1n) is 6.97. The third kappa shape index (κ3) is 3.59. The average Bonchev–Trinajstić information content (AvgIpc) is 2.42. The Kier molecular flexibility index (Phi) is 5.47.